The normalized spacial score (nSPS) is 19.2. The molecule has 1 unspecified atom stereocenters. The van der Waals surface area contributed by atoms with Crippen molar-refractivity contribution in [1.29, 1.82) is 0 Å². The maximum Gasteiger partial charge on any atom is 0.309 e. The van der Waals surface area contributed by atoms with Crippen molar-refractivity contribution in [3.05, 3.63) is 29.8 Å². The van der Waals surface area contributed by atoms with Gasteiger partial charge in [0.15, 0.2) is 12.4 Å². The lowest BCUT2D eigenvalue weighted by atomic mass is 9.96. The number of rotatable bonds is 6. The predicted octanol–water partition coefficient (Wildman–Crippen LogP) is 1.70. The number of fused-ring (bicyclic) bond motifs is 1. The third kappa shape index (κ3) is 4.95. The van der Waals surface area contributed by atoms with Gasteiger partial charge in [-0.3, -0.25) is 9.59 Å². The molecule has 2 aliphatic heterocycles. The van der Waals surface area contributed by atoms with Crippen LogP contribution in [0, 0.1) is 5.92 Å². The van der Waals surface area contributed by atoms with E-state index in [0.29, 0.717) is 37.3 Å². The molecule has 2 heterocycles. The fraction of sp³-hybridized carbons (Fsp3) is 0.550. The number of likely N-dealkylation sites (tertiary alicyclic amines) is 1. The number of nitrogens with one attached hydrogen (secondary N) is 1. The van der Waals surface area contributed by atoms with Crippen LogP contribution in [-0.4, -0.2) is 56.8 Å². The summed E-state index contributed by atoms with van der Waals surface area (Å²) in [5.41, 5.74) is 0.603. The van der Waals surface area contributed by atoms with Crippen LogP contribution in [0.15, 0.2) is 33.6 Å². The molecule has 1 amide bonds. The molecule has 2 aliphatic rings. The highest BCUT2D eigenvalue weighted by Gasteiger charge is 2.34. The predicted molar refractivity (Wildman–Crippen MR) is 108 cm³/mol. The van der Waals surface area contributed by atoms with Gasteiger partial charge < -0.3 is 15.0 Å². The summed E-state index contributed by atoms with van der Waals surface area (Å²) in [6, 6.07) is 6.82. The highest BCUT2D eigenvalue weighted by atomic mass is 32.2. The van der Waals surface area contributed by atoms with Crippen molar-refractivity contribution in [2.24, 2.45) is 10.3 Å². The van der Waals surface area contributed by atoms with E-state index in [4.69, 9.17) is 4.74 Å². The molecule has 1 aromatic carbocycles. The van der Waals surface area contributed by atoms with Crippen molar-refractivity contribution in [1.82, 2.24) is 10.2 Å². The Kier molecular flexibility index (Phi) is 6.56. The van der Waals surface area contributed by atoms with Crippen molar-refractivity contribution in [2.45, 2.75) is 50.5 Å². The van der Waals surface area contributed by atoms with Gasteiger partial charge in [0.1, 0.15) is 4.90 Å². The average Bonchev–Trinajstić information content (AvgIpc) is 2.98. The van der Waals surface area contributed by atoms with Crippen molar-refractivity contribution >= 4 is 27.7 Å². The number of nitrogens with zero attached hydrogens (tertiary/aromatic N) is 2. The number of hydrogen-bond acceptors (Lipinski definition) is 6. The van der Waals surface area contributed by atoms with Crippen LogP contribution in [0.5, 0.6) is 0 Å². The SMILES string of the molecule is CCCC(C)NC(=O)COC(=O)C1CCN(C2=NS(=O)(=O)c3ccccc32)CC1. The van der Waals surface area contributed by atoms with E-state index >= 15 is 0 Å². The van der Waals surface area contributed by atoms with E-state index < -0.39 is 10.0 Å². The number of carbonyl (C=O) groups excluding carboxylic acids is 2. The molecule has 1 saturated heterocycles. The Balaban J connectivity index is 1.51. The molecule has 8 nitrogen and oxygen atoms in total. The molecule has 29 heavy (non-hydrogen) atoms. The molecule has 158 valence electrons. The van der Waals surface area contributed by atoms with E-state index in [2.05, 4.69) is 9.71 Å². The summed E-state index contributed by atoms with van der Waals surface area (Å²) in [7, 11) is -3.66. The van der Waals surface area contributed by atoms with Gasteiger partial charge in [-0.1, -0.05) is 25.5 Å². The van der Waals surface area contributed by atoms with Gasteiger partial charge in [0, 0.05) is 24.7 Å². The highest BCUT2D eigenvalue weighted by molar-refractivity contribution is 7.90. The van der Waals surface area contributed by atoms with Gasteiger partial charge in [0.25, 0.3) is 15.9 Å². The molecule has 0 saturated carbocycles. The van der Waals surface area contributed by atoms with Crippen molar-refractivity contribution < 1.29 is 22.7 Å². The van der Waals surface area contributed by atoms with Crippen LogP contribution >= 0.6 is 0 Å². The van der Waals surface area contributed by atoms with E-state index in [1.54, 1.807) is 24.3 Å². The van der Waals surface area contributed by atoms with Crippen LogP contribution in [0.4, 0.5) is 0 Å². The molecule has 1 fully saturated rings. The van der Waals surface area contributed by atoms with Gasteiger partial charge in [-0.2, -0.15) is 8.42 Å². The van der Waals surface area contributed by atoms with Gasteiger partial charge >= 0.3 is 5.97 Å². The number of benzene rings is 1. The maximum atomic E-state index is 12.3. The average molecular weight is 422 g/mol. The Labute approximate surface area is 171 Å². The second-order valence-corrected chi connectivity index (χ2v) is 9.08. The van der Waals surface area contributed by atoms with E-state index in [-0.39, 0.29) is 35.3 Å². The third-order valence-electron chi connectivity index (χ3n) is 5.21. The Morgan fingerprint density at radius 1 is 1.28 bits per heavy atom. The molecule has 0 spiro atoms. The lowest BCUT2D eigenvalue weighted by molar-refractivity contribution is -0.153. The van der Waals surface area contributed by atoms with Crippen molar-refractivity contribution in [3.8, 4) is 0 Å². The minimum absolute atomic E-state index is 0.0563. The number of sulfonamides is 1. The molecule has 0 aliphatic carbocycles. The number of esters is 1. The summed E-state index contributed by atoms with van der Waals surface area (Å²) in [5, 5.41) is 2.80. The molecular formula is C20H27N3O5S. The summed E-state index contributed by atoms with van der Waals surface area (Å²) in [6.45, 7) is 4.69. The van der Waals surface area contributed by atoms with E-state index in [0.717, 1.165) is 12.8 Å². The number of carbonyl (C=O) groups is 2. The Hall–Kier alpha value is -2.42. The monoisotopic (exact) mass is 421 g/mol. The van der Waals surface area contributed by atoms with E-state index in [1.807, 2.05) is 18.7 Å². The number of piperidine rings is 1. The topological polar surface area (TPSA) is 105 Å². The summed E-state index contributed by atoms with van der Waals surface area (Å²) < 4.78 is 33.5. The smallest absolute Gasteiger partial charge is 0.309 e. The highest BCUT2D eigenvalue weighted by Crippen LogP contribution is 2.29. The number of hydrogen-bond donors (Lipinski definition) is 1. The van der Waals surface area contributed by atoms with Gasteiger partial charge in [0.2, 0.25) is 0 Å². The Morgan fingerprint density at radius 3 is 2.66 bits per heavy atom. The standard InChI is InChI=1S/C20H27N3O5S/c1-3-6-14(2)21-18(24)13-28-20(25)15-9-11-23(12-10-15)19-16-7-4-5-8-17(16)29(26,27)22-19/h4-5,7-8,14-15H,3,6,9-13H2,1-2H3,(H,21,24). The zero-order valence-corrected chi connectivity index (χ0v) is 17.6. The summed E-state index contributed by atoms with van der Waals surface area (Å²) in [6.07, 6.45) is 2.89. The fourth-order valence-electron chi connectivity index (χ4n) is 3.72. The first-order valence-corrected chi connectivity index (χ1v) is 11.4. The minimum atomic E-state index is -3.66. The first kappa shape index (κ1) is 21.3. The molecule has 0 aromatic heterocycles. The van der Waals surface area contributed by atoms with Crippen molar-refractivity contribution in [2.75, 3.05) is 19.7 Å². The van der Waals surface area contributed by atoms with Crippen LogP contribution < -0.4 is 5.32 Å². The summed E-state index contributed by atoms with van der Waals surface area (Å²) >= 11 is 0. The molecule has 0 bridgehead atoms. The molecule has 1 aromatic rings. The zero-order chi connectivity index (χ0) is 21.0. The third-order valence-corrected chi connectivity index (χ3v) is 6.54. The van der Waals surface area contributed by atoms with Gasteiger partial charge in [-0.15, -0.1) is 4.40 Å². The maximum absolute atomic E-state index is 12.3. The van der Waals surface area contributed by atoms with Crippen molar-refractivity contribution in [3.63, 3.8) is 0 Å². The number of amides is 1. The van der Waals surface area contributed by atoms with Crippen LogP contribution in [0.1, 0.15) is 45.1 Å². The zero-order valence-electron chi connectivity index (χ0n) is 16.8. The largest absolute Gasteiger partial charge is 0.455 e. The molecular weight excluding hydrogens is 394 g/mol. The molecule has 9 heteroatoms. The summed E-state index contributed by atoms with van der Waals surface area (Å²) in [5.74, 6) is -0.541. The van der Waals surface area contributed by atoms with Crippen LogP contribution in [-0.2, 0) is 24.3 Å². The number of amidine groups is 1. The first-order chi connectivity index (χ1) is 13.8. The second kappa shape index (κ2) is 8.94. The second-order valence-electron chi connectivity index (χ2n) is 7.51. The molecule has 1 N–H and O–H groups in total. The lowest BCUT2D eigenvalue weighted by Crippen LogP contribution is -2.41. The van der Waals surface area contributed by atoms with Crippen LogP contribution in [0.3, 0.4) is 0 Å². The molecule has 1 atom stereocenters. The van der Waals surface area contributed by atoms with Gasteiger partial charge in [-0.05, 0) is 38.3 Å². The molecule has 0 radical (unpaired) electrons. The quantitative estimate of drug-likeness (QED) is 0.701. The van der Waals surface area contributed by atoms with Crippen LogP contribution in [0.2, 0.25) is 0 Å². The van der Waals surface area contributed by atoms with E-state index in [9.17, 15) is 18.0 Å². The summed E-state index contributed by atoms with van der Waals surface area (Å²) in [4.78, 5) is 26.3. The van der Waals surface area contributed by atoms with Gasteiger partial charge in [0.05, 0.1) is 5.92 Å². The van der Waals surface area contributed by atoms with Gasteiger partial charge in [-0.25, -0.2) is 0 Å². The van der Waals surface area contributed by atoms with Crippen LogP contribution in [0.25, 0.3) is 0 Å². The lowest BCUT2D eigenvalue weighted by Gasteiger charge is -2.32. The van der Waals surface area contributed by atoms with E-state index in [1.165, 1.54) is 0 Å². The Bertz CT molecular complexity index is 904. The number of ether oxygens (including phenoxy) is 1. The first-order valence-electron chi connectivity index (χ1n) is 9.97. The molecule has 3 rings (SSSR count). The Morgan fingerprint density at radius 2 is 1.97 bits per heavy atom. The fourth-order valence-corrected chi connectivity index (χ4v) is 4.95. The minimum Gasteiger partial charge on any atom is -0.455 e.